The number of benzene rings is 1. The standard InChI is InChI=1S/C16H18ClNO5/c1-9-10(2)16(21)23-13-7-14(12(17)6-11(9)13)22-8-15(20)18-4-3-5-19/h6-7,19H,3-5,8H2,1-2H3,(H,18,20). The molecule has 0 bridgehead atoms. The van der Waals surface area contributed by atoms with Gasteiger partial charge in [0.05, 0.1) is 5.02 Å². The molecule has 1 aromatic heterocycles. The van der Waals surface area contributed by atoms with Crippen LogP contribution in [0.2, 0.25) is 5.02 Å². The van der Waals surface area contributed by atoms with Crippen molar-refractivity contribution in [3.63, 3.8) is 0 Å². The first-order valence-corrected chi connectivity index (χ1v) is 7.55. The zero-order valence-corrected chi connectivity index (χ0v) is 13.7. The number of aliphatic hydroxyl groups is 1. The van der Waals surface area contributed by atoms with E-state index in [0.717, 1.165) is 10.9 Å². The SMILES string of the molecule is Cc1c(C)c2cc(Cl)c(OCC(=O)NCCCO)cc2oc1=O. The molecule has 6 nitrogen and oxygen atoms in total. The molecule has 0 fully saturated rings. The summed E-state index contributed by atoms with van der Waals surface area (Å²) >= 11 is 6.17. The molecule has 0 aliphatic rings. The largest absolute Gasteiger partial charge is 0.482 e. The van der Waals surface area contributed by atoms with E-state index in [-0.39, 0.29) is 24.9 Å². The highest BCUT2D eigenvalue weighted by Gasteiger charge is 2.13. The lowest BCUT2D eigenvalue weighted by Gasteiger charge is -2.11. The molecule has 0 radical (unpaired) electrons. The quantitative estimate of drug-likeness (QED) is 0.620. The number of carbonyl (C=O) groups is 1. The fourth-order valence-corrected chi connectivity index (χ4v) is 2.27. The molecule has 0 atom stereocenters. The molecule has 1 heterocycles. The van der Waals surface area contributed by atoms with Gasteiger partial charge >= 0.3 is 5.63 Å². The van der Waals surface area contributed by atoms with Crippen LogP contribution in [0.15, 0.2) is 21.3 Å². The summed E-state index contributed by atoms with van der Waals surface area (Å²) in [5, 5.41) is 12.3. The maximum atomic E-state index is 11.7. The van der Waals surface area contributed by atoms with Crippen molar-refractivity contribution in [1.29, 1.82) is 0 Å². The Morgan fingerprint density at radius 3 is 2.78 bits per heavy atom. The highest BCUT2D eigenvalue weighted by molar-refractivity contribution is 6.32. The summed E-state index contributed by atoms with van der Waals surface area (Å²) in [6, 6.07) is 3.16. The zero-order valence-electron chi connectivity index (χ0n) is 12.9. The number of aryl methyl sites for hydroxylation is 1. The number of ether oxygens (including phenoxy) is 1. The summed E-state index contributed by atoms with van der Waals surface area (Å²) < 4.78 is 10.6. The Morgan fingerprint density at radius 2 is 2.09 bits per heavy atom. The predicted octanol–water partition coefficient (Wildman–Crippen LogP) is 1.94. The number of amides is 1. The maximum absolute atomic E-state index is 11.7. The van der Waals surface area contributed by atoms with Crippen molar-refractivity contribution in [2.45, 2.75) is 20.3 Å². The Balaban J connectivity index is 2.19. The summed E-state index contributed by atoms with van der Waals surface area (Å²) in [5.74, 6) is -0.0565. The third-order valence-electron chi connectivity index (χ3n) is 3.53. The van der Waals surface area contributed by atoms with Crippen molar-refractivity contribution in [1.82, 2.24) is 5.32 Å². The van der Waals surface area contributed by atoms with E-state index in [4.69, 9.17) is 25.9 Å². The van der Waals surface area contributed by atoms with Crippen LogP contribution in [0.4, 0.5) is 0 Å². The molecule has 7 heteroatoms. The fourth-order valence-electron chi connectivity index (χ4n) is 2.06. The molecule has 1 aromatic carbocycles. The van der Waals surface area contributed by atoms with Gasteiger partial charge in [0.15, 0.2) is 6.61 Å². The van der Waals surface area contributed by atoms with Gasteiger partial charge in [-0.15, -0.1) is 0 Å². The number of nitrogens with one attached hydrogen (secondary N) is 1. The summed E-state index contributed by atoms with van der Waals surface area (Å²) in [6.07, 6.45) is 0.478. The second-order valence-corrected chi connectivity index (χ2v) is 5.54. The number of halogens is 1. The molecule has 124 valence electrons. The normalized spacial score (nSPS) is 10.8. The van der Waals surface area contributed by atoms with E-state index in [2.05, 4.69) is 5.32 Å². The molecule has 0 aliphatic heterocycles. The first-order chi connectivity index (χ1) is 10.9. The Kier molecular flexibility index (Phi) is 5.63. The van der Waals surface area contributed by atoms with Gasteiger partial charge in [0.25, 0.3) is 5.91 Å². The Labute approximate surface area is 138 Å². The average Bonchev–Trinajstić information content (AvgIpc) is 2.52. The van der Waals surface area contributed by atoms with E-state index in [0.29, 0.717) is 29.1 Å². The summed E-state index contributed by atoms with van der Waals surface area (Å²) in [4.78, 5) is 23.3. The molecular weight excluding hydrogens is 322 g/mol. The van der Waals surface area contributed by atoms with Crippen LogP contribution in [0.25, 0.3) is 11.0 Å². The number of carbonyl (C=O) groups excluding carboxylic acids is 1. The van der Waals surface area contributed by atoms with Gasteiger partial charge in [0, 0.05) is 30.2 Å². The monoisotopic (exact) mass is 339 g/mol. The molecular formula is C16H18ClNO5. The summed E-state index contributed by atoms with van der Waals surface area (Å²) in [5.41, 5.74) is 1.28. The molecule has 2 rings (SSSR count). The average molecular weight is 340 g/mol. The second-order valence-electron chi connectivity index (χ2n) is 5.13. The minimum atomic E-state index is -0.412. The molecule has 2 aromatic rings. The van der Waals surface area contributed by atoms with Gasteiger partial charge in [0.1, 0.15) is 11.3 Å². The van der Waals surface area contributed by atoms with Crippen LogP contribution in [0, 0.1) is 13.8 Å². The molecule has 2 N–H and O–H groups in total. The van der Waals surface area contributed by atoms with Crippen LogP contribution >= 0.6 is 11.6 Å². The van der Waals surface area contributed by atoms with Gasteiger partial charge in [-0.1, -0.05) is 11.6 Å². The molecule has 0 saturated heterocycles. The first-order valence-electron chi connectivity index (χ1n) is 7.18. The minimum absolute atomic E-state index is 0.00937. The van der Waals surface area contributed by atoms with Crippen LogP contribution in [-0.2, 0) is 4.79 Å². The zero-order chi connectivity index (χ0) is 17.0. The number of hydrogen-bond acceptors (Lipinski definition) is 5. The Hall–Kier alpha value is -2.05. The minimum Gasteiger partial charge on any atom is -0.482 e. The summed E-state index contributed by atoms with van der Waals surface area (Å²) in [7, 11) is 0. The maximum Gasteiger partial charge on any atom is 0.339 e. The topological polar surface area (TPSA) is 88.8 Å². The number of rotatable bonds is 6. The smallest absolute Gasteiger partial charge is 0.339 e. The third kappa shape index (κ3) is 4.03. The highest BCUT2D eigenvalue weighted by Crippen LogP contribution is 2.31. The first kappa shape index (κ1) is 17.3. The van der Waals surface area contributed by atoms with Crippen LogP contribution in [0.5, 0.6) is 5.75 Å². The fraction of sp³-hybridized carbons (Fsp3) is 0.375. The molecule has 23 heavy (non-hydrogen) atoms. The van der Waals surface area contributed by atoms with Crippen molar-refractivity contribution in [2.24, 2.45) is 0 Å². The van der Waals surface area contributed by atoms with Crippen LogP contribution < -0.4 is 15.7 Å². The predicted molar refractivity (Wildman–Crippen MR) is 87.2 cm³/mol. The van der Waals surface area contributed by atoms with Crippen molar-refractivity contribution >= 4 is 28.5 Å². The Bertz CT molecular complexity index is 784. The van der Waals surface area contributed by atoms with Crippen molar-refractivity contribution in [2.75, 3.05) is 19.8 Å². The third-order valence-corrected chi connectivity index (χ3v) is 3.82. The van der Waals surface area contributed by atoms with Gasteiger partial charge in [-0.05, 0) is 31.9 Å². The Morgan fingerprint density at radius 1 is 1.35 bits per heavy atom. The highest BCUT2D eigenvalue weighted by atomic mass is 35.5. The van der Waals surface area contributed by atoms with Crippen molar-refractivity contribution in [3.05, 3.63) is 38.7 Å². The second kappa shape index (κ2) is 7.48. The van der Waals surface area contributed by atoms with Crippen LogP contribution in [-0.4, -0.2) is 30.8 Å². The molecule has 0 spiro atoms. The van der Waals surface area contributed by atoms with Crippen molar-refractivity contribution < 1.29 is 19.1 Å². The number of hydrogen-bond donors (Lipinski definition) is 2. The summed E-state index contributed by atoms with van der Waals surface area (Å²) in [6.45, 7) is 3.67. The molecule has 0 saturated carbocycles. The lowest BCUT2D eigenvalue weighted by molar-refractivity contribution is -0.123. The van der Waals surface area contributed by atoms with Gasteiger partial charge in [-0.2, -0.15) is 0 Å². The van der Waals surface area contributed by atoms with Gasteiger partial charge in [-0.25, -0.2) is 4.79 Å². The van der Waals surface area contributed by atoms with E-state index in [1.165, 1.54) is 6.07 Å². The molecule has 0 aliphatic carbocycles. The van der Waals surface area contributed by atoms with Gasteiger partial charge in [0.2, 0.25) is 0 Å². The number of aliphatic hydroxyl groups excluding tert-OH is 1. The van der Waals surface area contributed by atoms with E-state index in [9.17, 15) is 9.59 Å². The number of fused-ring (bicyclic) bond motifs is 1. The van der Waals surface area contributed by atoms with E-state index in [1.54, 1.807) is 13.0 Å². The van der Waals surface area contributed by atoms with E-state index < -0.39 is 5.63 Å². The van der Waals surface area contributed by atoms with E-state index in [1.807, 2.05) is 6.92 Å². The van der Waals surface area contributed by atoms with Gasteiger partial charge < -0.3 is 19.6 Å². The lowest BCUT2D eigenvalue weighted by atomic mass is 10.1. The van der Waals surface area contributed by atoms with E-state index >= 15 is 0 Å². The molecule has 1 amide bonds. The van der Waals surface area contributed by atoms with Crippen LogP contribution in [0.3, 0.4) is 0 Å². The molecule has 0 unspecified atom stereocenters. The van der Waals surface area contributed by atoms with Gasteiger partial charge in [-0.3, -0.25) is 4.79 Å². The lowest BCUT2D eigenvalue weighted by Crippen LogP contribution is -2.30. The van der Waals surface area contributed by atoms with Crippen LogP contribution in [0.1, 0.15) is 17.5 Å². The van der Waals surface area contributed by atoms with Crippen molar-refractivity contribution in [3.8, 4) is 5.75 Å².